The van der Waals surface area contributed by atoms with Crippen LogP contribution in [0.5, 0.6) is 0 Å². The normalized spacial score (nSPS) is 19.3. The lowest BCUT2D eigenvalue weighted by Crippen LogP contribution is -2.53. The molecule has 0 fully saturated rings. The number of rotatable bonds is 4. The molecule has 20 heavy (non-hydrogen) atoms. The maximum Gasteiger partial charge on any atom is 0.243 e. The Hall–Kier alpha value is -1.85. The number of aromatic nitrogens is 2. The number of fused-ring (bicyclic) bond motifs is 1. The van der Waals surface area contributed by atoms with Gasteiger partial charge in [-0.1, -0.05) is 13.8 Å². The van der Waals surface area contributed by atoms with Gasteiger partial charge in [-0.3, -0.25) is 9.59 Å². The van der Waals surface area contributed by atoms with Gasteiger partial charge in [-0.15, -0.1) is 0 Å². The van der Waals surface area contributed by atoms with Gasteiger partial charge in [0.1, 0.15) is 11.9 Å². The molecule has 2 N–H and O–H groups in total. The molecule has 6 heteroatoms. The number of imidazole rings is 1. The molecule has 0 aliphatic carbocycles. The van der Waals surface area contributed by atoms with Crippen LogP contribution in [0.2, 0.25) is 0 Å². The molecule has 0 saturated heterocycles. The van der Waals surface area contributed by atoms with Crippen molar-refractivity contribution in [1.82, 2.24) is 20.2 Å². The molecule has 2 rings (SSSR count). The Labute approximate surface area is 119 Å². The lowest BCUT2D eigenvalue weighted by atomic mass is 10.0. The zero-order valence-electron chi connectivity index (χ0n) is 12.2. The third-order valence-electron chi connectivity index (χ3n) is 3.59. The van der Waals surface area contributed by atoms with Crippen molar-refractivity contribution in [2.45, 2.75) is 52.2 Å². The fourth-order valence-corrected chi connectivity index (χ4v) is 2.53. The molecule has 0 spiro atoms. The highest BCUT2D eigenvalue weighted by molar-refractivity contribution is 5.87. The summed E-state index contributed by atoms with van der Waals surface area (Å²) in [6.07, 6.45) is 5.47. The fourth-order valence-electron chi connectivity index (χ4n) is 2.53. The number of nitrogens with one attached hydrogen (secondary N) is 2. The topological polar surface area (TPSA) is 76.0 Å². The molecular formula is C14H22N4O2. The van der Waals surface area contributed by atoms with Crippen LogP contribution < -0.4 is 10.6 Å². The van der Waals surface area contributed by atoms with E-state index in [1.807, 2.05) is 20.0 Å². The van der Waals surface area contributed by atoms with Gasteiger partial charge in [0.15, 0.2) is 0 Å². The number of carbonyl (C=O) groups is 2. The largest absolute Gasteiger partial charge is 0.350 e. The van der Waals surface area contributed by atoms with Gasteiger partial charge in [-0.2, -0.15) is 0 Å². The lowest BCUT2D eigenvalue weighted by molar-refractivity contribution is -0.129. The Bertz CT molecular complexity index is 495. The van der Waals surface area contributed by atoms with Crippen LogP contribution in [0.25, 0.3) is 0 Å². The van der Waals surface area contributed by atoms with Crippen LogP contribution in [0.15, 0.2) is 12.4 Å². The summed E-state index contributed by atoms with van der Waals surface area (Å²) in [5.41, 5.74) is 0. The van der Waals surface area contributed by atoms with Gasteiger partial charge in [0.05, 0.1) is 0 Å². The van der Waals surface area contributed by atoms with E-state index in [0.29, 0.717) is 0 Å². The summed E-state index contributed by atoms with van der Waals surface area (Å²) in [7, 11) is 0. The highest BCUT2D eigenvalue weighted by Gasteiger charge is 2.27. The van der Waals surface area contributed by atoms with Crippen molar-refractivity contribution < 1.29 is 9.59 Å². The van der Waals surface area contributed by atoms with Gasteiger partial charge in [0.2, 0.25) is 11.8 Å². The number of nitrogens with zero attached hydrogens (tertiary/aromatic N) is 2. The molecule has 1 aromatic heterocycles. The minimum absolute atomic E-state index is 0.0614. The number of hydrogen-bond donors (Lipinski definition) is 2. The minimum atomic E-state index is -0.475. The molecule has 1 aliphatic rings. The van der Waals surface area contributed by atoms with Crippen molar-refractivity contribution in [3.8, 4) is 0 Å². The minimum Gasteiger partial charge on any atom is -0.350 e. The van der Waals surface area contributed by atoms with Crippen LogP contribution in [-0.2, 0) is 22.6 Å². The second-order valence-electron chi connectivity index (χ2n) is 5.66. The Morgan fingerprint density at radius 2 is 2.20 bits per heavy atom. The SMILES string of the molecule is CC(=O)N[C@@H](C(=O)N[C@H]1CCc2nccn2C1)C(C)C. The third kappa shape index (κ3) is 3.37. The van der Waals surface area contributed by atoms with E-state index < -0.39 is 6.04 Å². The summed E-state index contributed by atoms with van der Waals surface area (Å²) in [5, 5.41) is 5.75. The molecular weight excluding hydrogens is 256 g/mol. The predicted molar refractivity (Wildman–Crippen MR) is 74.9 cm³/mol. The molecule has 1 aromatic rings. The van der Waals surface area contributed by atoms with Gasteiger partial charge in [-0.25, -0.2) is 4.98 Å². The maximum atomic E-state index is 12.3. The zero-order valence-corrected chi connectivity index (χ0v) is 12.2. The highest BCUT2D eigenvalue weighted by Crippen LogP contribution is 2.13. The molecule has 110 valence electrons. The van der Waals surface area contributed by atoms with Gasteiger partial charge in [0.25, 0.3) is 0 Å². The Balaban J connectivity index is 1.95. The average molecular weight is 278 g/mol. The van der Waals surface area contributed by atoms with Crippen LogP contribution in [-0.4, -0.2) is 33.4 Å². The number of aryl methyl sites for hydroxylation is 1. The molecule has 1 aliphatic heterocycles. The first-order chi connectivity index (χ1) is 9.47. The van der Waals surface area contributed by atoms with E-state index in [1.54, 1.807) is 6.20 Å². The van der Waals surface area contributed by atoms with Crippen molar-refractivity contribution in [1.29, 1.82) is 0 Å². The molecule has 2 heterocycles. The van der Waals surface area contributed by atoms with E-state index >= 15 is 0 Å². The van der Waals surface area contributed by atoms with E-state index in [1.165, 1.54) is 6.92 Å². The van der Waals surface area contributed by atoms with Gasteiger partial charge in [-0.05, 0) is 12.3 Å². The van der Waals surface area contributed by atoms with Crippen molar-refractivity contribution >= 4 is 11.8 Å². The smallest absolute Gasteiger partial charge is 0.243 e. The van der Waals surface area contributed by atoms with Gasteiger partial charge < -0.3 is 15.2 Å². The van der Waals surface area contributed by atoms with Crippen molar-refractivity contribution in [2.75, 3.05) is 0 Å². The number of carbonyl (C=O) groups excluding carboxylic acids is 2. The molecule has 0 bridgehead atoms. The second-order valence-corrected chi connectivity index (χ2v) is 5.66. The lowest BCUT2D eigenvalue weighted by Gasteiger charge is -2.28. The van der Waals surface area contributed by atoms with Crippen LogP contribution in [0.3, 0.4) is 0 Å². The summed E-state index contributed by atoms with van der Waals surface area (Å²) >= 11 is 0. The summed E-state index contributed by atoms with van der Waals surface area (Å²) in [6, 6.07) is -0.379. The monoisotopic (exact) mass is 278 g/mol. The molecule has 6 nitrogen and oxygen atoms in total. The van der Waals surface area contributed by atoms with Crippen molar-refractivity contribution in [2.24, 2.45) is 5.92 Å². The molecule has 0 aromatic carbocycles. The number of amides is 2. The second kappa shape index (κ2) is 6.07. The summed E-state index contributed by atoms with van der Waals surface area (Å²) in [4.78, 5) is 27.7. The van der Waals surface area contributed by atoms with Crippen molar-refractivity contribution in [3.63, 3.8) is 0 Å². The molecule has 2 atom stereocenters. The molecule has 0 radical (unpaired) electrons. The fraction of sp³-hybridized carbons (Fsp3) is 0.643. The van der Waals surface area contributed by atoms with Crippen LogP contribution in [0, 0.1) is 5.92 Å². The number of hydrogen-bond acceptors (Lipinski definition) is 3. The molecule has 2 amide bonds. The maximum absolute atomic E-state index is 12.3. The van der Waals surface area contributed by atoms with E-state index in [9.17, 15) is 9.59 Å². The van der Waals surface area contributed by atoms with Crippen molar-refractivity contribution in [3.05, 3.63) is 18.2 Å². The summed E-state index contributed by atoms with van der Waals surface area (Å²) in [5.74, 6) is 0.840. The molecule has 0 saturated carbocycles. The van der Waals surface area contributed by atoms with E-state index in [-0.39, 0.29) is 23.8 Å². The molecule has 0 unspecified atom stereocenters. The van der Waals surface area contributed by atoms with Gasteiger partial charge >= 0.3 is 0 Å². The van der Waals surface area contributed by atoms with E-state index in [2.05, 4.69) is 20.2 Å². The Morgan fingerprint density at radius 3 is 2.85 bits per heavy atom. The van der Waals surface area contributed by atoms with Crippen LogP contribution in [0.1, 0.15) is 33.0 Å². The first kappa shape index (κ1) is 14.6. The Kier molecular flexibility index (Phi) is 4.42. The van der Waals surface area contributed by atoms with E-state index in [4.69, 9.17) is 0 Å². The standard InChI is InChI=1S/C14H22N4O2/c1-9(2)13(16-10(3)19)14(20)17-11-4-5-12-15-6-7-18(12)8-11/h6-7,9,11,13H,4-5,8H2,1-3H3,(H,16,19)(H,17,20)/t11-,13+/m0/s1. The first-order valence-corrected chi connectivity index (χ1v) is 7.05. The quantitative estimate of drug-likeness (QED) is 0.841. The Morgan fingerprint density at radius 1 is 1.45 bits per heavy atom. The highest BCUT2D eigenvalue weighted by atomic mass is 16.2. The van der Waals surface area contributed by atoms with Crippen LogP contribution >= 0.6 is 0 Å². The predicted octanol–water partition coefficient (Wildman–Crippen LogP) is 0.475. The van der Waals surface area contributed by atoms with Gasteiger partial charge in [0, 0.05) is 38.3 Å². The average Bonchev–Trinajstić information content (AvgIpc) is 2.82. The summed E-state index contributed by atoms with van der Waals surface area (Å²) in [6.45, 7) is 6.02. The zero-order chi connectivity index (χ0) is 14.7. The third-order valence-corrected chi connectivity index (χ3v) is 3.59. The van der Waals surface area contributed by atoms with Crippen LogP contribution in [0.4, 0.5) is 0 Å². The summed E-state index contributed by atoms with van der Waals surface area (Å²) < 4.78 is 2.07. The van der Waals surface area contributed by atoms with E-state index in [0.717, 1.165) is 25.2 Å². The first-order valence-electron chi connectivity index (χ1n) is 7.05.